The normalized spacial score (nSPS) is 23.6. The summed E-state index contributed by atoms with van der Waals surface area (Å²) < 4.78 is 2.26. The van der Waals surface area contributed by atoms with Crippen LogP contribution in [0.4, 0.5) is 0 Å². The van der Waals surface area contributed by atoms with Crippen LogP contribution in [0.3, 0.4) is 0 Å². The zero-order valence-electron chi connectivity index (χ0n) is 12.2. The van der Waals surface area contributed by atoms with Crippen LogP contribution in [0.25, 0.3) is 4.96 Å². The first kappa shape index (κ1) is 14.0. The number of nitrogens with one attached hydrogen (secondary N) is 1. The van der Waals surface area contributed by atoms with Crippen molar-refractivity contribution < 1.29 is 5.11 Å². The van der Waals surface area contributed by atoms with Crippen LogP contribution in [0.5, 0.6) is 0 Å². The van der Waals surface area contributed by atoms with Crippen molar-refractivity contribution >= 4 is 16.3 Å². The van der Waals surface area contributed by atoms with Crippen LogP contribution < -0.4 is 5.32 Å². The fraction of sp³-hybridized carbons (Fsp3) is 0.667. The molecular weight excluding hydrogens is 270 g/mol. The highest BCUT2D eigenvalue weighted by atomic mass is 32.1. The van der Waals surface area contributed by atoms with Gasteiger partial charge in [0.05, 0.1) is 17.5 Å². The molecule has 1 aliphatic carbocycles. The Kier molecular flexibility index (Phi) is 4.10. The average molecular weight is 293 g/mol. The number of nitrogens with zero attached hydrogens (tertiary/aromatic N) is 2. The second-order valence-corrected chi connectivity index (χ2v) is 6.78. The maximum atomic E-state index is 9.53. The molecule has 0 aromatic carbocycles. The number of aliphatic hydroxyl groups excluding tert-OH is 1. The minimum Gasteiger partial charge on any atom is -0.393 e. The van der Waals surface area contributed by atoms with E-state index in [-0.39, 0.29) is 6.10 Å². The number of rotatable bonds is 4. The lowest BCUT2D eigenvalue weighted by molar-refractivity contribution is 0.108. The highest BCUT2D eigenvalue weighted by Gasteiger charge is 2.19. The Balaban J connectivity index is 1.60. The molecule has 0 amide bonds. The summed E-state index contributed by atoms with van der Waals surface area (Å²) in [6.07, 6.45) is 4.16. The van der Waals surface area contributed by atoms with Gasteiger partial charge < -0.3 is 10.4 Å². The summed E-state index contributed by atoms with van der Waals surface area (Å²) in [6, 6.07) is 0. The molecule has 20 heavy (non-hydrogen) atoms. The van der Waals surface area contributed by atoms with Crippen LogP contribution in [-0.2, 0) is 6.54 Å². The van der Waals surface area contributed by atoms with E-state index >= 15 is 0 Å². The minimum absolute atomic E-state index is 0.0589. The Morgan fingerprint density at radius 1 is 1.35 bits per heavy atom. The van der Waals surface area contributed by atoms with Gasteiger partial charge in [0.2, 0.25) is 0 Å². The van der Waals surface area contributed by atoms with E-state index in [0.717, 1.165) is 49.4 Å². The van der Waals surface area contributed by atoms with Gasteiger partial charge in [-0.1, -0.05) is 0 Å². The lowest BCUT2D eigenvalue weighted by Gasteiger charge is -2.25. The lowest BCUT2D eigenvalue weighted by atomic mass is 9.87. The molecule has 1 saturated carbocycles. The van der Waals surface area contributed by atoms with Gasteiger partial charge in [-0.25, -0.2) is 4.98 Å². The number of aromatic nitrogens is 2. The molecular formula is C15H23N3OS. The quantitative estimate of drug-likeness (QED) is 0.911. The minimum atomic E-state index is -0.0589. The second-order valence-electron chi connectivity index (χ2n) is 5.94. The van der Waals surface area contributed by atoms with Crippen LogP contribution in [0.15, 0.2) is 5.38 Å². The van der Waals surface area contributed by atoms with E-state index in [0.29, 0.717) is 5.92 Å². The van der Waals surface area contributed by atoms with Gasteiger partial charge in [0.25, 0.3) is 0 Å². The Labute approximate surface area is 123 Å². The van der Waals surface area contributed by atoms with Gasteiger partial charge in [-0.3, -0.25) is 4.40 Å². The first-order chi connectivity index (χ1) is 9.65. The average Bonchev–Trinajstić information content (AvgIpc) is 2.93. The monoisotopic (exact) mass is 293 g/mol. The number of aliphatic hydroxyl groups is 1. The lowest BCUT2D eigenvalue weighted by Crippen LogP contribution is -2.28. The molecule has 0 spiro atoms. The molecule has 2 N–H and O–H groups in total. The molecule has 0 saturated heterocycles. The topological polar surface area (TPSA) is 49.6 Å². The summed E-state index contributed by atoms with van der Waals surface area (Å²) in [6.45, 7) is 6.15. The van der Waals surface area contributed by atoms with Gasteiger partial charge in [0.15, 0.2) is 4.96 Å². The third kappa shape index (κ3) is 2.75. The summed E-state index contributed by atoms with van der Waals surface area (Å²) >= 11 is 1.71. The molecule has 0 unspecified atom stereocenters. The van der Waals surface area contributed by atoms with Crippen LogP contribution in [-0.4, -0.2) is 27.1 Å². The maximum absolute atomic E-state index is 9.53. The number of fused-ring (bicyclic) bond motifs is 1. The molecule has 2 aromatic rings. The Morgan fingerprint density at radius 3 is 2.85 bits per heavy atom. The largest absolute Gasteiger partial charge is 0.393 e. The van der Waals surface area contributed by atoms with E-state index in [9.17, 15) is 5.11 Å². The molecule has 2 aromatic heterocycles. The summed E-state index contributed by atoms with van der Waals surface area (Å²) in [7, 11) is 0. The zero-order valence-corrected chi connectivity index (χ0v) is 13.0. The van der Waals surface area contributed by atoms with E-state index in [2.05, 4.69) is 33.9 Å². The molecule has 0 atom stereocenters. The van der Waals surface area contributed by atoms with Gasteiger partial charge in [-0.15, -0.1) is 11.3 Å². The van der Waals surface area contributed by atoms with Crippen molar-refractivity contribution in [2.24, 2.45) is 5.92 Å². The standard InChI is InChI=1S/C15H23N3OS/c1-10-9-20-15-17-11(2)14(18(10)15)8-16-7-12-3-5-13(19)6-4-12/h9,12-13,16,19H,3-8H2,1-2H3. The number of hydrogen-bond donors (Lipinski definition) is 2. The molecule has 0 bridgehead atoms. The van der Waals surface area contributed by atoms with E-state index in [1.807, 2.05) is 0 Å². The third-order valence-corrected chi connectivity index (χ3v) is 5.32. The molecule has 110 valence electrons. The van der Waals surface area contributed by atoms with Gasteiger partial charge in [-0.2, -0.15) is 0 Å². The van der Waals surface area contributed by atoms with Gasteiger partial charge in [0.1, 0.15) is 0 Å². The fourth-order valence-electron chi connectivity index (χ4n) is 3.12. The summed E-state index contributed by atoms with van der Waals surface area (Å²) in [5.41, 5.74) is 3.68. The van der Waals surface area contributed by atoms with E-state index in [4.69, 9.17) is 0 Å². The smallest absolute Gasteiger partial charge is 0.194 e. The highest BCUT2D eigenvalue weighted by molar-refractivity contribution is 7.15. The Hall–Kier alpha value is -0.910. The number of hydrogen-bond acceptors (Lipinski definition) is 4. The van der Waals surface area contributed by atoms with Crippen LogP contribution in [0.1, 0.15) is 42.8 Å². The van der Waals surface area contributed by atoms with Crippen molar-refractivity contribution in [2.45, 2.75) is 52.2 Å². The van der Waals surface area contributed by atoms with Crippen molar-refractivity contribution in [2.75, 3.05) is 6.54 Å². The van der Waals surface area contributed by atoms with Crippen molar-refractivity contribution in [3.63, 3.8) is 0 Å². The van der Waals surface area contributed by atoms with E-state index < -0.39 is 0 Å². The highest BCUT2D eigenvalue weighted by Crippen LogP contribution is 2.24. The summed E-state index contributed by atoms with van der Waals surface area (Å²) in [4.78, 5) is 5.71. The second kappa shape index (κ2) is 5.84. The number of aryl methyl sites for hydroxylation is 2. The Morgan fingerprint density at radius 2 is 2.10 bits per heavy atom. The molecule has 4 nitrogen and oxygen atoms in total. The first-order valence-electron chi connectivity index (χ1n) is 7.46. The predicted octanol–water partition coefficient (Wildman–Crippen LogP) is 2.65. The molecule has 0 aliphatic heterocycles. The fourth-order valence-corrected chi connectivity index (χ4v) is 4.05. The van der Waals surface area contributed by atoms with Crippen LogP contribution in [0.2, 0.25) is 0 Å². The van der Waals surface area contributed by atoms with E-state index in [1.165, 1.54) is 11.4 Å². The van der Waals surface area contributed by atoms with Crippen molar-refractivity contribution in [1.82, 2.24) is 14.7 Å². The molecule has 3 rings (SSSR count). The van der Waals surface area contributed by atoms with Crippen molar-refractivity contribution in [1.29, 1.82) is 0 Å². The number of thiazole rings is 1. The van der Waals surface area contributed by atoms with E-state index in [1.54, 1.807) is 11.3 Å². The molecule has 1 fully saturated rings. The Bertz CT molecular complexity index is 581. The van der Waals surface area contributed by atoms with Crippen molar-refractivity contribution in [3.05, 3.63) is 22.5 Å². The van der Waals surface area contributed by atoms with Crippen LogP contribution in [0, 0.1) is 19.8 Å². The molecule has 2 heterocycles. The first-order valence-corrected chi connectivity index (χ1v) is 8.34. The van der Waals surface area contributed by atoms with Gasteiger partial charge in [0, 0.05) is 17.6 Å². The predicted molar refractivity (Wildman–Crippen MR) is 82.2 cm³/mol. The summed E-state index contributed by atoms with van der Waals surface area (Å²) in [5.74, 6) is 0.714. The van der Waals surface area contributed by atoms with Gasteiger partial charge >= 0.3 is 0 Å². The number of imidazole rings is 1. The maximum Gasteiger partial charge on any atom is 0.194 e. The zero-order chi connectivity index (χ0) is 14.1. The molecule has 0 radical (unpaired) electrons. The SMILES string of the molecule is Cc1nc2scc(C)n2c1CNCC1CCC(O)CC1. The third-order valence-electron chi connectivity index (χ3n) is 4.37. The molecule has 1 aliphatic rings. The van der Waals surface area contributed by atoms with Crippen molar-refractivity contribution in [3.8, 4) is 0 Å². The van der Waals surface area contributed by atoms with Gasteiger partial charge in [-0.05, 0) is 52.0 Å². The molecule has 5 heteroatoms. The summed E-state index contributed by atoms with van der Waals surface area (Å²) in [5, 5.41) is 15.3. The van der Waals surface area contributed by atoms with Crippen LogP contribution >= 0.6 is 11.3 Å².